The summed E-state index contributed by atoms with van der Waals surface area (Å²) in [5, 5.41) is 9.51. The summed E-state index contributed by atoms with van der Waals surface area (Å²) in [6.45, 7) is 10.7. The molecule has 1 N–H and O–H groups in total. The van der Waals surface area contributed by atoms with Crippen LogP contribution in [0.1, 0.15) is 52.6 Å². The van der Waals surface area contributed by atoms with Crippen molar-refractivity contribution in [2.24, 2.45) is 5.92 Å². The normalized spacial score (nSPS) is 17.0. The molecule has 1 aliphatic heterocycles. The molecular weight excluding hydrogens is 505 g/mol. The summed E-state index contributed by atoms with van der Waals surface area (Å²) < 4.78 is 5.54. The molecule has 0 radical (unpaired) electrons. The lowest BCUT2D eigenvalue weighted by Crippen LogP contribution is -2.50. The predicted octanol–water partition coefficient (Wildman–Crippen LogP) is 7.23. The minimum Gasteiger partial charge on any atom is -0.481 e. The Labute approximate surface area is 224 Å². The third kappa shape index (κ3) is 12.2. The third-order valence-electron chi connectivity index (χ3n) is 5.47. The van der Waals surface area contributed by atoms with E-state index in [1.807, 2.05) is 71.3 Å². The van der Waals surface area contributed by atoms with Crippen LogP contribution in [0, 0.1) is 5.92 Å². The molecule has 1 fully saturated rings. The molecule has 0 aliphatic carbocycles. The van der Waals surface area contributed by atoms with Crippen molar-refractivity contribution in [1.29, 1.82) is 0 Å². The number of amides is 1. The van der Waals surface area contributed by atoms with Crippen LogP contribution >= 0.6 is 35.0 Å². The van der Waals surface area contributed by atoms with Gasteiger partial charge in [0.05, 0.1) is 12.6 Å². The maximum absolute atomic E-state index is 12.6. The van der Waals surface area contributed by atoms with Gasteiger partial charge >= 0.3 is 0 Å². The smallest absolute Gasteiger partial charge is 0.300 e. The van der Waals surface area contributed by atoms with Crippen LogP contribution in [-0.4, -0.2) is 52.1 Å². The summed E-state index contributed by atoms with van der Waals surface area (Å²) in [4.78, 5) is 23.6. The first-order valence-electron chi connectivity index (χ1n) is 11.7. The number of benzene rings is 2. The molecule has 194 valence electrons. The van der Waals surface area contributed by atoms with Crippen molar-refractivity contribution in [1.82, 2.24) is 4.90 Å². The fourth-order valence-corrected chi connectivity index (χ4v) is 4.83. The maximum atomic E-state index is 12.6. The topological polar surface area (TPSA) is 66.8 Å². The number of carbonyl (C=O) groups is 2. The molecule has 3 unspecified atom stereocenters. The largest absolute Gasteiger partial charge is 0.481 e. The van der Waals surface area contributed by atoms with Crippen LogP contribution in [0.15, 0.2) is 54.6 Å². The number of carboxylic acid groups (broad SMARTS) is 1. The number of aliphatic carboxylic acids is 1. The van der Waals surface area contributed by atoms with E-state index in [1.165, 1.54) is 0 Å². The van der Waals surface area contributed by atoms with Gasteiger partial charge in [0, 0.05) is 34.0 Å². The average Bonchev–Trinajstić information content (AvgIpc) is 2.81. The van der Waals surface area contributed by atoms with E-state index in [1.54, 1.807) is 0 Å². The standard InChI is InChI=1S/C19H28ClNO2S.C6H5Cl.C2H4O2/c1-5-17(12-24-14(4)13(2)3)21-18(10-23-11-19(21)22)15-6-8-16(20)9-7-15;7-6-4-2-1-3-5-6;1-2(3)4/h6-9,13-14,17-18H,5,10-12H2,1-4H3;1-5H;1H3,(H,3,4). The van der Waals surface area contributed by atoms with Crippen molar-refractivity contribution in [3.05, 3.63) is 70.2 Å². The van der Waals surface area contributed by atoms with Gasteiger partial charge in [-0.15, -0.1) is 0 Å². The Kier molecular flexibility index (Phi) is 15.1. The van der Waals surface area contributed by atoms with Gasteiger partial charge < -0.3 is 14.7 Å². The minimum atomic E-state index is -0.833. The molecule has 1 amide bonds. The number of thioether (sulfide) groups is 1. The van der Waals surface area contributed by atoms with Gasteiger partial charge in [0.25, 0.3) is 5.97 Å². The maximum Gasteiger partial charge on any atom is 0.300 e. The summed E-state index contributed by atoms with van der Waals surface area (Å²) in [6, 6.07) is 17.4. The first kappa shape index (κ1) is 31.3. The lowest BCUT2D eigenvalue weighted by molar-refractivity contribution is -0.151. The molecule has 3 rings (SSSR count). The van der Waals surface area contributed by atoms with E-state index in [4.69, 9.17) is 37.8 Å². The van der Waals surface area contributed by atoms with E-state index >= 15 is 0 Å². The van der Waals surface area contributed by atoms with E-state index in [9.17, 15) is 4.79 Å². The SMILES string of the molecule is CC(=O)O.CCC(CSC(C)C(C)C)N1C(=O)COCC1c1ccc(Cl)cc1.Clc1ccccc1. The highest BCUT2D eigenvalue weighted by Gasteiger charge is 2.34. The van der Waals surface area contributed by atoms with Crippen molar-refractivity contribution >= 4 is 46.8 Å². The Hall–Kier alpha value is -1.73. The second-order valence-electron chi connectivity index (χ2n) is 8.54. The highest BCUT2D eigenvalue weighted by molar-refractivity contribution is 7.99. The van der Waals surface area contributed by atoms with E-state index in [0.717, 1.165) is 29.7 Å². The molecule has 1 saturated heterocycles. The highest BCUT2D eigenvalue weighted by atomic mass is 35.5. The molecule has 8 heteroatoms. The van der Waals surface area contributed by atoms with Crippen molar-refractivity contribution in [2.45, 2.75) is 58.4 Å². The van der Waals surface area contributed by atoms with Crippen LogP contribution in [0.3, 0.4) is 0 Å². The molecular formula is C27H37Cl2NO4S. The van der Waals surface area contributed by atoms with Gasteiger partial charge in [0.15, 0.2) is 0 Å². The number of halogens is 2. The van der Waals surface area contributed by atoms with Crippen molar-refractivity contribution in [3.63, 3.8) is 0 Å². The van der Waals surface area contributed by atoms with Crippen LogP contribution in [-0.2, 0) is 14.3 Å². The van der Waals surface area contributed by atoms with E-state index in [0.29, 0.717) is 22.8 Å². The van der Waals surface area contributed by atoms with Crippen LogP contribution in [0.4, 0.5) is 0 Å². The number of carboxylic acids is 1. The Morgan fingerprint density at radius 2 is 1.63 bits per heavy atom. The molecule has 3 atom stereocenters. The first-order chi connectivity index (χ1) is 16.6. The van der Waals surface area contributed by atoms with Crippen LogP contribution < -0.4 is 0 Å². The van der Waals surface area contributed by atoms with Gasteiger partial charge in [-0.3, -0.25) is 9.59 Å². The zero-order valence-corrected chi connectivity index (χ0v) is 23.4. The fraction of sp³-hybridized carbons (Fsp3) is 0.481. The number of nitrogens with zero attached hydrogens (tertiary/aromatic N) is 1. The summed E-state index contributed by atoms with van der Waals surface area (Å²) >= 11 is 13.5. The molecule has 35 heavy (non-hydrogen) atoms. The third-order valence-corrected chi connectivity index (χ3v) is 7.62. The van der Waals surface area contributed by atoms with Gasteiger partial charge in [-0.1, -0.05) is 81.2 Å². The fourth-order valence-electron chi connectivity index (χ4n) is 3.25. The van der Waals surface area contributed by atoms with Gasteiger partial charge in [-0.2, -0.15) is 11.8 Å². The van der Waals surface area contributed by atoms with Crippen molar-refractivity contribution in [3.8, 4) is 0 Å². The Morgan fingerprint density at radius 3 is 2.09 bits per heavy atom. The van der Waals surface area contributed by atoms with E-state index in [2.05, 4.69) is 27.7 Å². The molecule has 0 spiro atoms. The number of hydrogen-bond donors (Lipinski definition) is 1. The molecule has 0 saturated carbocycles. The molecule has 0 aromatic heterocycles. The number of rotatable bonds is 7. The second-order valence-corrected chi connectivity index (χ2v) is 10.8. The zero-order chi connectivity index (χ0) is 26.4. The molecule has 2 aromatic carbocycles. The summed E-state index contributed by atoms with van der Waals surface area (Å²) in [5.41, 5.74) is 1.09. The summed E-state index contributed by atoms with van der Waals surface area (Å²) in [6.07, 6.45) is 0.952. The van der Waals surface area contributed by atoms with Crippen molar-refractivity contribution in [2.75, 3.05) is 19.0 Å². The van der Waals surface area contributed by atoms with Gasteiger partial charge in [0.1, 0.15) is 6.61 Å². The first-order valence-corrected chi connectivity index (χ1v) is 13.5. The Balaban J connectivity index is 0.000000458. The minimum absolute atomic E-state index is 0.0246. The van der Waals surface area contributed by atoms with Gasteiger partial charge in [-0.25, -0.2) is 0 Å². The second kappa shape index (κ2) is 16.9. The predicted molar refractivity (Wildman–Crippen MR) is 147 cm³/mol. The Morgan fingerprint density at radius 1 is 1.09 bits per heavy atom. The average molecular weight is 543 g/mol. The molecule has 1 heterocycles. The van der Waals surface area contributed by atoms with Crippen LogP contribution in [0.25, 0.3) is 0 Å². The zero-order valence-electron chi connectivity index (χ0n) is 21.1. The number of ether oxygens (including phenoxy) is 1. The molecule has 0 bridgehead atoms. The van der Waals surface area contributed by atoms with E-state index < -0.39 is 5.97 Å². The van der Waals surface area contributed by atoms with Crippen LogP contribution in [0.5, 0.6) is 0 Å². The summed E-state index contributed by atoms with van der Waals surface area (Å²) in [7, 11) is 0. The van der Waals surface area contributed by atoms with Gasteiger partial charge in [-0.05, 0) is 42.2 Å². The molecule has 2 aromatic rings. The summed E-state index contributed by atoms with van der Waals surface area (Å²) in [5.74, 6) is 0.858. The molecule has 1 aliphatic rings. The number of hydrogen-bond acceptors (Lipinski definition) is 4. The Bertz CT molecular complexity index is 877. The monoisotopic (exact) mass is 541 g/mol. The lowest BCUT2D eigenvalue weighted by Gasteiger charge is -2.41. The quantitative estimate of drug-likeness (QED) is 0.400. The number of morpholine rings is 1. The van der Waals surface area contributed by atoms with Gasteiger partial charge in [0.2, 0.25) is 5.91 Å². The van der Waals surface area contributed by atoms with E-state index in [-0.39, 0.29) is 24.6 Å². The van der Waals surface area contributed by atoms with Crippen molar-refractivity contribution < 1.29 is 19.4 Å². The molecule has 5 nitrogen and oxygen atoms in total. The lowest BCUT2D eigenvalue weighted by atomic mass is 10.0. The van der Waals surface area contributed by atoms with Crippen LogP contribution in [0.2, 0.25) is 10.0 Å². The number of carbonyl (C=O) groups excluding carboxylic acids is 1. The highest BCUT2D eigenvalue weighted by Crippen LogP contribution is 2.31.